The fourth-order valence-electron chi connectivity index (χ4n) is 1.89. The molecule has 1 unspecified atom stereocenters. The summed E-state index contributed by atoms with van der Waals surface area (Å²) in [6.45, 7) is 4.45. The van der Waals surface area contributed by atoms with E-state index >= 15 is 0 Å². The number of H-pyrrole nitrogens is 1. The fourth-order valence-corrected chi connectivity index (χ4v) is 1.89. The molecule has 2 rings (SSSR count). The predicted molar refractivity (Wildman–Crippen MR) is 79.3 cm³/mol. The van der Waals surface area contributed by atoms with Gasteiger partial charge in [-0.05, 0) is 33.0 Å². The van der Waals surface area contributed by atoms with Crippen LogP contribution in [0, 0.1) is 6.92 Å². The number of aromatic amines is 1. The molecule has 0 aliphatic carbocycles. The van der Waals surface area contributed by atoms with Crippen LogP contribution in [0.3, 0.4) is 0 Å². The van der Waals surface area contributed by atoms with E-state index in [0.717, 1.165) is 17.2 Å². The monoisotopic (exact) mass is 272 g/mol. The minimum Gasteiger partial charge on any atom is -0.345 e. The Morgan fingerprint density at radius 2 is 2.10 bits per heavy atom. The number of nitrogens with zero attached hydrogens (tertiary/aromatic N) is 2. The lowest BCUT2D eigenvalue weighted by Crippen LogP contribution is -2.39. The Hall–Kier alpha value is -2.14. The normalized spacial score (nSPS) is 12.4. The summed E-state index contributed by atoms with van der Waals surface area (Å²) in [4.78, 5) is 21.5. The number of hydrogen-bond acceptors (Lipinski definition) is 3. The summed E-state index contributed by atoms with van der Waals surface area (Å²) in [5, 5.41) is 2.90. The van der Waals surface area contributed by atoms with Crippen LogP contribution in [0.15, 0.2) is 36.5 Å². The van der Waals surface area contributed by atoms with E-state index in [0.29, 0.717) is 6.54 Å². The number of amides is 1. The molecule has 1 atom stereocenters. The number of imidazole rings is 1. The minimum absolute atomic E-state index is 0.0259. The summed E-state index contributed by atoms with van der Waals surface area (Å²) in [5.74, 6) is 0.839. The van der Waals surface area contributed by atoms with Crippen LogP contribution in [0.4, 0.5) is 5.69 Å². The highest BCUT2D eigenvalue weighted by molar-refractivity contribution is 5.94. The van der Waals surface area contributed by atoms with Crippen molar-refractivity contribution in [1.29, 1.82) is 0 Å². The van der Waals surface area contributed by atoms with Crippen LogP contribution in [0.2, 0.25) is 0 Å². The maximum atomic E-state index is 12.2. The zero-order valence-corrected chi connectivity index (χ0v) is 12.1. The lowest BCUT2D eigenvalue weighted by molar-refractivity contribution is -0.120. The van der Waals surface area contributed by atoms with Crippen molar-refractivity contribution >= 4 is 11.6 Å². The number of aryl methyl sites for hydroxylation is 1. The molecule has 0 spiro atoms. The zero-order chi connectivity index (χ0) is 14.5. The highest BCUT2D eigenvalue weighted by Gasteiger charge is 2.18. The van der Waals surface area contributed by atoms with E-state index in [1.807, 2.05) is 56.1 Å². The van der Waals surface area contributed by atoms with Crippen molar-refractivity contribution in [3.8, 4) is 0 Å². The highest BCUT2D eigenvalue weighted by atomic mass is 16.2. The van der Waals surface area contributed by atoms with Crippen LogP contribution in [-0.2, 0) is 11.3 Å². The van der Waals surface area contributed by atoms with Gasteiger partial charge in [-0.15, -0.1) is 0 Å². The molecule has 0 fully saturated rings. The van der Waals surface area contributed by atoms with E-state index in [4.69, 9.17) is 0 Å². The molecule has 1 amide bonds. The van der Waals surface area contributed by atoms with Crippen molar-refractivity contribution in [3.05, 3.63) is 48.0 Å². The van der Waals surface area contributed by atoms with Crippen molar-refractivity contribution in [2.75, 3.05) is 12.4 Å². The average molecular weight is 272 g/mol. The molecule has 1 aromatic carbocycles. The summed E-state index contributed by atoms with van der Waals surface area (Å²) in [6.07, 6.45) is 1.79. The Morgan fingerprint density at radius 3 is 2.70 bits per heavy atom. The quantitative estimate of drug-likeness (QED) is 0.877. The lowest BCUT2D eigenvalue weighted by atomic mass is 10.2. The van der Waals surface area contributed by atoms with Crippen molar-refractivity contribution in [3.63, 3.8) is 0 Å². The molecule has 2 N–H and O–H groups in total. The van der Waals surface area contributed by atoms with Gasteiger partial charge in [-0.1, -0.05) is 18.2 Å². The van der Waals surface area contributed by atoms with E-state index in [1.165, 1.54) is 0 Å². The third-order valence-corrected chi connectivity index (χ3v) is 3.24. The van der Waals surface area contributed by atoms with E-state index in [1.54, 1.807) is 6.20 Å². The van der Waals surface area contributed by atoms with E-state index in [9.17, 15) is 4.79 Å². The summed E-state index contributed by atoms with van der Waals surface area (Å²) >= 11 is 0. The molecule has 0 aliphatic heterocycles. The van der Waals surface area contributed by atoms with E-state index in [2.05, 4.69) is 15.3 Å². The average Bonchev–Trinajstić information content (AvgIpc) is 2.84. The smallest absolute Gasteiger partial charge is 0.241 e. The van der Waals surface area contributed by atoms with Gasteiger partial charge < -0.3 is 10.3 Å². The molecule has 20 heavy (non-hydrogen) atoms. The number of carbonyl (C=O) groups is 1. The second-order valence-electron chi connectivity index (χ2n) is 4.96. The molecular formula is C15H20N4O. The van der Waals surface area contributed by atoms with E-state index < -0.39 is 0 Å². The molecule has 0 bridgehead atoms. The van der Waals surface area contributed by atoms with Gasteiger partial charge in [0, 0.05) is 17.6 Å². The Kier molecular flexibility index (Phi) is 4.53. The van der Waals surface area contributed by atoms with Crippen LogP contribution in [0.25, 0.3) is 0 Å². The van der Waals surface area contributed by atoms with Crippen LogP contribution < -0.4 is 5.32 Å². The molecule has 0 aliphatic rings. The highest BCUT2D eigenvalue weighted by Crippen LogP contribution is 2.09. The summed E-state index contributed by atoms with van der Waals surface area (Å²) in [5.41, 5.74) is 1.83. The van der Waals surface area contributed by atoms with Gasteiger partial charge in [0.2, 0.25) is 5.91 Å². The van der Waals surface area contributed by atoms with Crippen LogP contribution >= 0.6 is 0 Å². The van der Waals surface area contributed by atoms with Crippen molar-refractivity contribution in [1.82, 2.24) is 14.9 Å². The summed E-state index contributed by atoms with van der Waals surface area (Å²) in [6, 6.07) is 9.23. The number of rotatable bonds is 5. The summed E-state index contributed by atoms with van der Waals surface area (Å²) in [7, 11) is 1.91. The Bertz CT molecular complexity index is 564. The lowest BCUT2D eigenvalue weighted by Gasteiger charge is -2.22. The molecule has 0 saturated heterocycles. The van der Waals surface area contributed by atoms with Gasteiger partial charge in [0.25, 0.3) is 0 Å². The molecule has 1 heterocycles. The maximum Gasteiger partial charge on any atom is 0.241 e. The van der Waals surface area contributed by atoms with Gasteiger partial charge in [-0.25, -0.2) is 4.98 Å². The van der Waals surface area contributed by atoms with Gasteiger partial charge >= 0.3 is 0 Å². The van der Waals surface area contributed by atoms with Gasteiger partial charge in [0.1, 0.15) is 5.82 Å². The van der Waals surface area contributed by atoms with Gasteiger partial charge in [-0.3, -0.25) is 9.69 Å². The minimum atomic E-state index is -0.236. The SMILES string of the molecule is Cc1cnc(CN(C)C(C)C(=O)Nc2ccccc2)[nH]1. The zero-order valence-electron chi connectivity index (χ0n) is 12.1. The molecule has 1 aromatic heterocycles. The first-order chi connectivity index (χ1) is 9.56. The van der Waals surface area contributed by atoms with Gasteiger partial charge in [0.05, 0.1) is 12.6 Å². The molecule has 0 radical (unpaired) electrons. The molecule has 5 nitrogen and oxygen atoms in total. The van der Waals surface area contributed by atoms with Gasteiger partial charge in [-0.2, -0.15) is 0 Å². The number of hydrogen-bond donors (Lipinski definition) is 2. The number of carbonyl (C=O) groups excluding carboxylic acids is 1. The first kappa shape index (κ1) is 14.3. The van der Waals surface area contributed by atoms with Crippen molar-refractivity contribution < 1.29 is 4.79 Å². The Balaban J connectivity index is 1.92. The predicted octanol–water partition coefficient (Wildman–Crippen LogP) is 2.18. The van der Waals surface area contributed by atoms with Crippen molar-refractivity contribution in [2.24, 2.45) is 0 Å². The first-order valence-electron chi connectivity index (χ1n) is 6.63. The van der Waals surface area contributed by atoms with E-state index in [-0.39, 0.29) is 11.9 Å². The Labute approximate surface area is 119 Å². The van der Waals surface area contributed by atoms with Crippen LogP contribution in [-0.4, -0.2) is 33.9 Å². The number of likely N-dealkylation sites (N-methyl/N-ethyl adjacent to an activating group) is 1. The molecule has 0 saturated carbocycles. The summed E-state index contributed by atoms with van der Waals surface area (Å²) < 4.78 is 0. The molecule has 2 aromatic rings. The third kappa shape index (κ3) is 3.68. The number of aromatic nitrogens is 2. The maximum absolute atomic E-state index is 12.2. The number of benzene rings is 1. The molecule has 106 valence electrons. The standard InChI is InChI=1S/C15H20N4O/c1-11-9-16-14(17-11)10-19(3)12(2)15(20)18-13-7-5-4-6-8-13/h4-9,12H,10H2,1-3H3,(H,16,17)(H,18,20). The second-order valence-corrected chi connectivity index (χ2v) is 4.96. The number of para-hydroxylation sites is 1. The number of anilines is 1. The Morgan fingerprint density at radius 1 is 1.40 bits per heavy atom. The van der Waals surface area contributed by atoms with Crippen LogP contribution in [0.5, 0.6) is 0 Å². The van der Waals surface area contributed by atoms with Crippen molar-refractivity contribution in [2.45, 2.75) is 26.4 Å². The topological polar surface area (TPSA) is 61.0 Å². The third-order valence-electron chi connectivity index (χ3n) is 3.24. The fraction of sp³-hybridized carbons (Fsp3) is 0.333. The molecular weight excluding hydrogens is 252 g/mol. The second kappa shape index (κ2) is 6.34. The first-order valence-corrected chi connectivity index (χ1v) is 6.63. The molecule has 5 heteroatoms. The largest absolute Gasteiger partial charge is 0.345 e. The van der Waals surface area contributed by atoms with Crippen LogP contribution in [0.1, 0.15) is 18.4 Å². The van der Waals surface area contributed by atoms with Gasteiger partial charge in [0.15, 0.2) is 0 Å². The number of nitrogens with one attached hydrogen (secondary N) is 2.